The highest BCUT2D eigenvalue weighted by atomic mass is 32.2. The van der Waals surface area contributed by atoms with Crippen molar-refractivity contribution in [3.63, 3.8) is 0 Å². The average molecular weight is 487 g/mol. The van der Waals surface area contributed by atoms with Gasteiger partial charge in [-0.2, -0.15) is 0 Å². The third kappa shape index (κ3) is 6.24. The maximum Gasteiger partial charge on any atom is 0.323 e. The van der Waals surface area contributed by atoms with Gasteiger partial charge in [0.05, 0.1) is 9.79 Å². The monoisotopic (exact) mass is 486 g/mol. The number of para-hydroxylation sites is 2. The smallest absolute Gasteiger partial charge is 0.308 e. The lowest BCUT2D eigenvalue weighted by atomic mass is 10.3. The second kappa shape index (κ2) is 10.5. The van der Waals surface area contributed by atoms with E-state index >= 15 is 0 Å². The van der Waals surface area contributed by atoms with Crippen LogP contribution in [0.4, 0.5) is 32.3 Å². The molecule has 0 saturated carbocycles. The molecule has 35 heavy (non-hydrogen) atoms. The quantitative estimate of drug-likeness (QED) is 0.275. The number of carbonyl (C=O) groups is 2. The molecule has 0 bridgehead atoms. The van der Waals surface area contributed by atoms with Gasteiger partial charge in [-0.1, -0.05) is 48.5 Å². The van der Waals surface area contributed by atoms with Gasteiger partial charge in [0, 0.05) is 22.7 Å². The van der Waals surface area contributed by atoms with Crippen LogP contribution in [0.1, 0.15) is 0 Å². The first-order valence-electron chi connectivity index (χ1n) is 10.6. The van der Waals surface area contributed by atoms with Crippen LogP contribution < -0.4 is 21.3 Å². The van der Waals surface area contributed by atoms with Crippen molar-refractivity contribution in [2.24, 2.45) is 0 Å². The van der Waals surface area contributed by atoms with Crippen molar-refractivity contribution in [2.45, 2.75) is 9.79 Å². The topological polar surface area (TPSA) is 116 Å². The molecule has 4 rings (SSSR count). The zero-order valence-corrected chi connectivity index (χ0v) is 19.3. The summed E-state index contributed by atoms with van der Waals surface area (Å²) in [4.78, 5) is 24.5. The van der Waals surface area contributed by atoms with E-state index in [2.05, 4.69) is 21.3 Å². The standard InChI is InChI=1S/C26H22N4O4S/c31-25(27-19-9-3-1-4-10-19)29-21-13-7-15-23(17-21)35(33,34)24-16-8-14-22(18-24)30-26(32)28-20-11-5-2-6-12-20/h1-18H,(H2,27,29,31)(H2,28,30,32). The van der Waals surface area contributed by atoms with E-state index in [-0.39, 0.29) is 9.79 Å². The number of benzene rings is 4. The van der Waals surface area contributed by atoms with E-state index in [4.69, 9.17) is 0 Å². The highest BCUT2D eigenvalue weighted by molar-refractivity contribution is 7.91. The summed E-state index contributed by atoms with van der Waals surface area (Å²) in [5.74, 6) is 0. The van der Waals surface area contributed by atoms with Crippen LogP contribution in [0, 0.1) is 0 Å². The van der Waals surface area contributed by atoms with Crippen molar-refractivity contribution >= 4 is 44.6 Å². The molecule has 0 aromatic heterocycles. The van der Waals surface area contributed by atoms with Crippen LogP contribution in [-0.4, -0.2) is 20.5 Å². The first kappa shape index (κ1) is 23.5. The summed E-state index contributed by atoms with van der Waals surface area (Å²) in [6.07, 6.45) is 0. The Balaban J connectivity index is 1.47. The van der Waals surface area contributed by atoms with E-state index in [9.17, 15) is 18.0 Å². The first-order valence-corrected chi connectivity index (χ1v) is 12.1. The molecule has 4 N–H and O–H groups in total. The Labute approximate surface area is 202 Å². The normalized spacial score (nSPS) is 10.7. The number of amides is 4. The molecule has 8 nitrogen and oxygen atoms in total. The number of nitrogens with one attached hydrogen (secondary N) is 4. The molecule has 0 radical (unpaired) electrons. The molecule has 0 spiro atoms. The number of sulfone groups is 1. The van der Waals surface area contributed by atoms with Crippen LogP contribution in [0.5, 0.6) is 0 Å². The van der Waals surface area contributed by atoms with E-state index in [1.807, 2.05) is 12.1 Å². The Hall–Kier alpha value is -4.63. The van der Waals surface area contributed by atoms with Crippen LogP contribution in [0.15, 0.2) is 119 Å². The lowest BCUT2D eigenvalue weighted by Crippen LogP contribution is -2.19. The lowest BCUT2D eigenvalue weighted by molar-refractivity contribution is 0.261. The number of anilines is 4. The molecule has 0 aliphatic rings. The zero-order chi connectivity index (χ0) is 24.7. The zero-order valence-electron chi connectivity index (χ0n) is 18.4. The van der Waals surface area contributed by atoms with Crippen LogP contribution in [-0.2, 0) is 9.84 Å². The summed E-state index contributed by atoms with van der Waals surface area (Å²) in [5.41, 5.74) is 1.84. The molecule has 4 aromatic rings. The highest BCUT2D eigenvalue weighted by Gasteiger charge is 2.19. The fraction of sp³-hybridized carbons (Fsp3) is 0. The minimum atomic E-state index is -3.92. The molecule has 176 valence electrons. The Morgan fingerprint density at radius 2 is 0.800 bits per heavy atom. The Bertz CT molecular complexity index is 1340. The van der Waals surface area contributed by atoms with Crippen molar-refractivity contribution in [3.8, 4) is 0 Å². The van der Waals surface area contributed by atoms with Gasteiger partial charge in [0.1, 0.15) is 0 Å². The van der Waals surface area contributed by atoms with Crippen LogP contribution >= 0.6 is 0 Å². The third-order valence-electron chi connectivity index (χ3n) is 4.87. The van der Waals surface area contributed by atoms with Gasteiger partial charge in [-0.3, -0.25) is 0 Å². The molecule has 0 aliphatic heterocycles. The van der Waals surface area contributed by atoms with Gasteiger partial charge in [-0.05, 0) is 60.7 Å². The summed E-state index contributed by atoms with van der Waals surface area (Å²) in [6, 6.07) is 28.7. The van der Waals surface area contributed by atoms with Gasteiger partial charge >= 0.3 is 12.1 Å². The van der Waals surface area contributed by atoms with Gasteiger partial charge < -0.3 is 21.3 Å². The van der Waals surface area contributed by atoms with Crippen molar-refractivity contribution in [2.75, 3.05) is 21.3 Å². The van der Waals surface area contributed by atoms with Crippen LogP contribution in [0.25, 0.3) is 0 Å². The Kier molecular flexibility index (Phi) is 7.08. The van der Waals surface area contributed by atoms with Gasteiger partial charge in [0.2, 0.25) is 9.84 Å². The predicted octanol–water partition coefficient (Wildman–Crippen LogP) is 5.81. The molecule has 4 amide bonds. The van der Waals surface area contributed by atoms with Gasteiger partial charge in [-0.25, -0.2) is 18.0 Å². The summed E-state index contributed by atoms with van der Waals surface area (Å²) >= 11 is 0. The lowest BCUT2D eigenvalue weighted by Gasteiger charge is -2.11. The van der Waals surface area contributed by atoms with Crippen molar-refractivity contribution < 1.29 is 18.0 Å². The van der Waals surface area contributed by atoms with Crippen molar-refractivity contribution in [3.05, 3.63) is 109 Å². The number of carbonyl (C=O) groups excluding carboxylic acids is 2. The molecule has 0 heterocycles. The van der Waals surface area contributed by atoms with Gasteiger partial charge in [0.15, 0.2) is 0 Å². The van der Waals surface area contributed by atoms with E-state index in [0.29, 0.717) is 22.7 Å². The van der Waals surface area contributed by atoms with E-state index in [0.717, 1.165) is 0 Å². The van der Waals surface area contributed by atoms with Gasteiger partial charge in [-0.15, -0.1) is 0 Å². The minimum absolute atomic E-state index is 0.000832. The molecule has 9 heteroatoms. The van der Waals surface area contributed by atoms with Crippen molar-refractivity contribution in [1.29, 1.82) is 0 Å². The molecule has 0 saturated heterocycles. The Morgan fingerprint density at radius 3 is 1.20 bits per heavy atom. The fourth-order valence-corrected chi connectivity index (χ4v) is 4.60. The maximum atomic E-state index is 13.2. The second-order valence-electron chi connectivity index (χ2n) is 7.45. The molecule has 4 aromatic carbocycles. The number of hydrogen-bond acceptors (Lipinski definition) is 4. The van der Waals surface area contributed by atoms with Crippen LogP contribution in [0.2, 0.25) is 0 Å². The first-order chi connectivity index (χ1) is 16.9. The SMILES string of the molecule is O=C(Nc1ccccc1)Nc1cccc(S(=O)(=O)c2cccc(NC(=O)Nc3ccccc3)c2)c1. The summed E-state index contributed by atoms with van der Waals surface area (Å²) in [6.45, 7) is 0. The fourth-order valence-electron chi connectivity index (χ4n) is 3.25. The molecule has 0 fully saturated rings. The largest absolute Gasteiger partial charge is 0.323 e. The van der Waals surface area contributed by atoms with E-state index in [1.165, 1.54) is 24.3 Å². The number of rotatable bonds is 6. The third-order valence-corrected chi connectivity index (χ3v) is 6.62. The molecule has 0 aliphatic carbocycles. The molecular weight excluding hydrogens is 464 g/mol. The predicted molar refractivity (Wildman–Crippen MR) is 137 cm³/mol. The molecule has 0 unspecified atom stereocenters. The summed E-state index contributed by atoms with van der Waals surface area (Å²) in [5, 5.41) is 10.6. The second-order valence-corrected chi connectivity index (χ2v) is 9.40. The van der Waals surface area contributed by atoms with Crippen LogP contribution in [0.3, 0.4) is 0 Å². The Morgan fingerprint density at radius 1 is 0.457 bits per heavy atom. The molecule has 0 atom stereocenters. The average Bonchev–Trinajstić information content (AvgIpc) is 2.85. The number of urea groups is 2. The van der Waals surface area contributed by atoms with E-state index in [1.54, 1.807) is 72.8 Å². The van der Waals surface area contributed by atoms with E-state index < -0.39 is 21.9 Å². The van der Waals surface area contributed by atoms with Crippen molar-refractivity contribution in [1.82, 2.24) is 0 Å². The summed E-state index contributed by atoms with van der Waals surface area (Å²) < 4.78 is 26.5. The summed E-state index contributed by atoms with van der Waals surface area (Å²) in [7, 11) is -3.92. The highest BCUT2D eigenvalue weighted by Crippen LogP contribution is 2.25. The maximum absolute atomic E-state index is 13.2. The molecular formula is C26H22N4O4S. The minimum Gasteiger partial charge on any atom is -0.308 e. The van der Waals surface area contributed by atoms with Gasteiger partial charge in [0.25, 0.3) is 0 Å². The number of hydrogen-bond donors (Lipinski definition) is 4.